The zero-order valence-electron chi connectivity index (χ0n) is 13.2. The van der Waals surface area contributed by atoms with E-state index in [0.29, 0.717) is 19.4 Å². The third kappa shape index (κ3) is 3.57. The molecule has 0 unspecified atom stereocenters. The van der Waals surface area contributed by atoms with Gasteiger partial charge in [-0.05, 0) is 60.4 Å². The molecule has 1 saturated carbocycles. The molecule has 122 valence electrons. The van der Waals surface area contributed by atoms with E-state index in [-0.39, 0.29) is 5.91 Å². The molecule has 23 heavy (non-hydrogen) atoms. The van der Waals surface area contributed by atoms with Crippen LogP contribution in [0.2, 0.25) is 0 Å². The third-order valence-corrected chi connectivity index (χ3v) is 5.29. The van der Waals surface area contributed by atoms with Gasteiger partial charge in [-0.1, -0.05) is 12.1 Å². The van der Waals surface area contributed by atoms with Crippen molar-refractivity contribution >= 4 is 17.2 Å². The lowest BCUT2D eigenvalue weighted by atomic mass is 10.0. The second-order valence-electron chi connectivity index (χ2n) is 5.95. The quantitative estimate of drug-likeness (QED) is 0.883. The summed E-state index contributed by atoms with van der Waals surface area (Å²) in [4.78, 5) is 13.2. The van der Waals surface area contributed by atoms with Crippen LogP contribution in [0.25, 0.3) is 11.1 Å². The molecule has 0 aliphatic heterocycles. The number of ether oxygens (including phenoxy) is 1. The minimum Gasteiger partial charge on any atom is -0.497 e. The van der Waals surface area contributed by atoms with Gasteiger partial charge >= 0.3 is 0 Å². The summed E-state index contributed by atoms with van der Waals surface area (Å²) < 4.78 is 5.16. The SMILES string of the molecule is COc1ccc(-c2csc(CNC(=O)C3(O)CCCC3)c2)cc1. The van der Waals surface area contributed by atoms with Gasteiger partial charge in [-0.25, -0.2) is 0 Å². The van der Waals surface area contributed by atoms with Crippen molar-refractivity contribution in [3.63, 3.8) is 0 Å². The van der Waals surface area contributed by atoms with E-state index in [2.05, 4.69) is 16.8 Å². The minimum atomic E-state index is -1.16. The predicted molar refractivity (Wildman–Crippen MR) is 91.6 cm³/mol. The topological polar surface area (TPSA) is 58.6 Å². The summed E-state index contributed by atoms with van der Waals surface area (Å²) >= 11 is 1.61. The number of hydrogen-bond acceptors (Lipinski definition) is 4. The maximum absolute atomic E-state index is 12.1. The number of hydrogen-bond donors (Lipinski definition) is 2. The van der Waals surface area contributed by atoms with Crippen LogP contribution in [0.5, 0.6) is 5.75 Å². The highest BCUT2D eigenvalue weighted by Crippen LogP contribution is 2.30. The van der Waals surface area contributed by atoms with E-state index < -0.39 is 5.60 Å². The summed E-state index contributed by atoms with van der Waals surface area (Å²) in [5.74, 6) is 0.593. The van der Waals surface area contributed by atoms with Crippen LogP contribution in [0.1, 0.15) is 30.6 Å². The van der Waals surface area contributed by atoms with Crippen molar-refractivity contribution in [2.45, 2.75) is 37.8 Å². The lowest BCUT2D eigenvalue weighted by Gasteiger charge is -2.20. The first-order valence-electron chi connectivity index (χ1n) is 7.83. The van der Waals surface area contributed by atoms with Gasteiger partial charge in [0.05, 0.1) is 13.7 Å². The molecule has 1 aliphatic rings. The Balaban J connectivity index is 1.61. The van der Waals surface area contributed by atoms with Gasteiger partial charge in [0.25, 0.3) is 5.91 Å². The van der Waals surface area contributed by atoms with Crippen LogP contribution in [0, 0.1) is 0 Å². The van der Waals surface area contributed by atoms with Gasteiger partial charge in [-0.3, -0.25) is 4.79 Å². The smallest absolute Gasteiger partial charge is 0.252 e. The molecule has 0 saturated heterocycles. The van der Waals surface area contributed by atoms with Gasteiger partial charge in [-0.15, -0.1) is 11.3 Å². The summed E-state index contributed by atoms with van der Waals surface area (Å²) in [6.45, 7) is 0.460. The molecular formula is C18H21NO3S. The first-order chi connectivity index (χ1) is 11.1. The van der Waals surface area contributed by atoms with Crippen LogP contribution in [0.3, 0.4) is 0 Å². The van der Waals surface area contributed by atoms with E-state index in [1.165, 1.54) is 0 Å². The number of methoxy groups -OCH3 is 1. The third-order valence-electron chi connectivity index (χ3n) is 4.35. The number of amides is 1. The molecule has 2 aromatic rings. The Morgan fingerprint density at radius 1 is 1.26 bits per heavy atom. The molecule has 0 radical (unpaired) electrons. The molecule has 1 aromatic heterocycles. The molecule has 0 bridgehead atoms. The average Bonchev–Trinajstić information content (AvgIpc) is 3.22. The van der Waals surface area contributed by atoms with Gasteiger partial charge in [0.2, 0.25) is 0 Å². The van der Waals surface area contributed by atoms with E-state index in [1.807, 2.05) is 24.3 Å². The molecule has 1 amide bonds. The molecular weight excluding hydrogens is 310 g/mol. The van der Waals surface area contributed by atoms with Crippen molar-refractivity contribution in [3.05, 3.63) is 40.6 Å². The first kappa shape index (κ1) is 16.0. The van der Waals surface area contributed by atoms with Crippen LogP contribution in [0.4, 0.5) is 0 Å². The van der Waals surface area contributed by atoms with Crippen LogP contribution >= 0.6 is 11.3 Å². The molecule has 1 aliphatic carbocycles. The fraction of sp³-hybridized carbons (Fsp3) is 0.389. The van der Waals surface area contributed by atoms with Crippen molar-refractivity contribution in [3.8, 4) is 16.9 Å². The standard InChI is InChI=1S/C18H21NO3S/c1-22-15-6-4-13(5-7-15)14-10-16(23-12-14)11-19-17(20)18(21)8-2-3-9-18/h4-7,10,12,21H,2-3,8-9,11H2,1H3,(H,19,20). The zero-order chi connectivity index (χ0) is 16.3. The van der Waals surface area contributed by atoms with Gasteiger partial charge in [0.15, 0.2) is 0 Å². The first-order valence-corrected chi connectivity index (χ1v) is 8.71. The molecule has 1 aromatic carbocycles. The molecule has 5 heteroatoms. The van der Waals surface area contributed by atoms with E-state index in [4.69, 9.17) is 4.74 Å². The van der Waals surface area contributed by atoms with Crippen molar-refractivity contribution in [1.29, 1.82) is 0 Å². The molecule has 0 atom stereocenters. The summed E-state index contributed by atoms with van der Waals surface area (Å²) in [6, 6.07) is 9.98. The molecule has 1 fully saturated rings. The van der Waals surface area contributed by atoms with E-state index >= 15 is 0 Å². The fourth-order valence-corrected chi connectivity index (χ4v) is 3.76. The van der Waals surface area contributed by atoms with Crippen LogP contribution in [0.15, 0.2) is 35.7 Å². The lowest BCUT2D eigenvalue weighted by Crippen LogP contribution is -2.44. The van der Waals surface area contributed by atoms with E-state index in [0.717, 1.165) is 34.6 Å². The summed E-state index contributed by atoms with van der Waals surface area (Å²) in [5.41, 5.74) is 1.09. The highest BCUT2D eigenvalue weighted by Gasteiger charge is 2.38. The van der Waals surface area contributed by atoms with Crippen molar-refractivity contribution in [2.24, 2.45) is 0 Å². The van der Waals surface area contributed by atoms with Gasteiger partial charge < -0.3 is 15.2 Å². The van der Waals surface area contributed by atoms with E-state index in [1.54, 1.807) is 18.4 Å². The summed E-state index contributed by atoms with van der Waals surface area (Å²) in [6.07, 6.45) is 2.98. The molecule has 1 heterocycles. The predicted octanol–water partition coefficient (Wildman–Crippen LogP) is 3.35. The highest BCUT2D eigenvalue weighted by molar-refractivity contribution is 7.10. The Labute approximate surface area is 140 Å². The Kier molecular flexibility index (Phi) is 4.68. The Bertz CT molecular complexity index is 672. The molecule has 3 rings (SSSR count). The van der Waals surface area contributed by atoms with Gasteiger partial charge in [-0.2, -0.15) is 0 Å². The van der Waals surface area contributed by atoms with Crippen molar-refractivity contribution in [1.82, 2.24) is 5.32 Å². The molecule has 4 nitrogen and oxygen atoms in total. The Hall–Kier alpha value is -1.85. The molecule has 2 N–H and O–H groups in total. The van der Waals surface area contributed by atoms with Crippen LogP contribution in [-0.4, -0.2) is 23.7 Å². The number of benzene rings is 1. The minimum absolute atomic E-state index is 0.241. The average molecular weight is 331 g/mol. The molecule has 0 spiro atoms. The van der Waals surface area contributed by atoms with Gasteiger partial charge in [0.1, 0.15) is 11.4 Å². The number of aliphatic hydroxyl groups is 1. The van der Waals surface area contributed by atoms with Crippen molar-refractivity contribution in [2.75, 3.05) is 7.11 Å². The fourth-order valence-electron chi connectivity index (χ4n) is 2.93. The van der Waals surface area contributed by atoms with E-state index in [9.17, 15) is 9.90 Å². The number of carbonyl (C=O) groups is 1. The highest BCUT2D eigenvalue weighted by atomic mass is 32.1. The second kappa shape index (κ2) is 6.72. The number of rotatable bonds is 5. The monoisotopic (exact) mass is 331 g/mol. The summed E-state index contributed by atoms with van der Waals surface area (Å²) in [7, 11) is 1.65. The number of carbonyl (C=O) groups excluding carboxylic acids is 1. The van der Waals surface area contributed by atoms with Crippen LogP contribution in [-0.2, 0) is 11.3 Å². The van der Waals surface area contributed by atoms with Crippen LogP contribution < -0.4 is 10.1 Å². The number of nitrogens with one attached hydrogen (secondary N) is 1. The summed E-state index contributed by atoms with van der Waals surface area (Å²) in [5, 5.41) is 15.2. The Morgan fingerprint density at radius 2 is 1.96 bits per heavy atom. The second-order valence-corrected chi connectivity index (χ2v) is 6.95. The lowest BCUT2D eigenvalue weighted by molar-refractivity contribution is -0.139. The zero-order valence-corrected chi connectivity index (χ0v) is 14.0. The normalized spacial score (nSPS) is 16.3. The van der Waals surface area contributed by atoms with Crippen molar-refractivity contribution < 1.29 is 14.6 Å². The maximum atomic E-state index is 12.1. The maximum Gasteiger partial charge on any atom is 0.252 e. The Morgan fingerprint density at radius 3 is 2.61 bits per heavy atom. The largest absolute Gasteiger partial charge is 0.497 e. The van der Waals surface area contributed by atoms with Gasteiger partial charge in [0, 0.05) is 4.88 Å². The number of thiophene rings is 1.